The summed E-state index contributed by atoms with van der Waals surface area (Å²) < 4.78 is 32.3. The van der Waals surface area contributed by atoms with E-state index in [1.807, 2.05) is 19.1 Å². The van der Waals surface area contributed by atoms with Crippen LogP contribution >= 0.6 is 0 Å². The van der Waals surface area contributed by atoms with E-state index in [2.05, 4.69) is 10.3 Å². The van der Waals surface area contributed by atoms with Crippen molar-refractivity contribution in [3.05, 3.63) is 59.8 Å². The Balaban J connectivity index is 2.08. The fourth-order valence-corrected chi connectivity index (χ4v) is 3.72. The number of benzene rings is 2. The van der Waals surface area contributed by atoms with Gasteiger partial charge in [-0.1, -0.05) is 29.0 Å². The van der Waals surface area contributed by atoms with Crippen molar-refractivity contribution in [2.75, 3.05) is 7.11 Å². The average Bonchev–Trinajstić information content (AvgIpc) is 2.97. The maximum absolute atomic E-state index is 12.8. The first-order valence-corrected chi connectivity index (χ1v) is 8.80. The molecule has 0 spiro atoms. The van der Waals surface area contributed by atoms with E-state index < -0.39 is 9.84 Å². The van der Waals surface area contributed by atoms with Gasteiger partial charge in [0.25, 0.3) is 0 Å². The highest BCUT2D eigenvalue weighted by Gasteiger charge is 2.25. The first-order valence-electron chi connectivity index (χ1n) is 7.32. The van der Waals surface area contributed by atoms with Crippen molar-refractivity contribution in [3.8, 4) is 11.4 Å². The molecule has 1 heterocycles. The molecule has 0 fully saturated rings. The second-order valence-electron chi connectivity index (χ2n) is 5.41. The van der Waals surface area contributed by atoms with E-state index >= 15 is 0 Å². The van der Waals surface area contributed by atoms with Gasteiger partial charge in [0, 0.05) is 6.07 Å². The third-order valence-corrected chi connectivity index (χ3v) is 5.51. The van der Waals surface area contributed by atoms with Crippen molar-refractivity contribution in [3.63, 3.8) is 0 Å². The Morgan fingerprint density at radius 1 is 1.04 bits per heavy atom. The maximum Gasteiger partial charge on any atom is 0.227 e. The molecule has 0 atom stereocenters. The second kappa shape index (κ2) is 6.09. The summed E-state index contributed by atoms with van der Waals surface area (Å²) in [5, 5.41) is 7.86. The van der Waals surface area contributed by atoms with Crippen molar-refractivity contribution in [1.29, 1.82) is 0 Å². The number of nitrogens with zero attached hydrogens (tertiary/aromatic N) is 3. The third kappa shape index (κ3) is 2.78. The minimum absolute atomic E-state index is 0.0471. The molecule has 3 rings (SSSR count). The van der Waals surface area contributed by atoms with E-state index in [9.17, 15) is 8.42 Å². The molecular weight excluding hydrogens is 326 g/mol. The van der Waals surface area contributed by atoms with Gasteiger partial charge in [-0.25, -0.2) is 13.1 Å². The highest BCUT2D eigenvalue weighted by Crippen LogP contribution is 2.24. The Kier molecular flexibility index (Phi) is 4.11. The van der Waals surface area contributed by atoms with E-state index in [0.29, 0.717) is 17.1 Å². The van der Waals surface area contributed by atoms with Gasteiger partial charge in [-0.2, -0.15) is 0 Å². The lowest BCUT2D eigenvalue weighted by Gasteiger charge is -2.06. The number of hydrogen-bond donors (Lipinski definition) is 0. The highest BCUT2D eigenvalue weighted by molar-refractivity contribution is 7.91. The quantitative estimate of drug-likeness (QED) is 0.728. The van der Waals surface area contributed by atoms with Crippen molar-refractivity contribution < 1.29 is 13.2 Å². The number of ether oxygens (including phenoxy) is 1. The molecular formula is C17H17N3O3S. The maximum atomic E-state index is 12.8. The van der Waals surface area contributed by atoms with Gasteiger partial charge < -0.3 is 4.74 Å². The van der Waals surface area contributed by atoms with Crippen LogP contribution in [0.2, 0.25) is 0 Å². The van der Waals surface area contributed by atoms with E-state index in [1.165, 1.54) is 4.68 Å². The summed E-state index contributed by atoms with van der Waals surface area (Å²) in [4.78, 5) is 0.203. The average molecular weight is 343 g/mol. The van der Waals surface area contributed by atoms with Gasteiger partial charge in [-0.15, -0.1) is 5.10 Å². The van der Waals surface area contributed by atoms with Crippen LogP contribution in [-0.2, 0) is 9.84 Å². The molecule has 1 aromatic heterocycles. The summed E-state index contributed by atoms with van der Waals surface area (Å²) in [7, 11) is -2.14. The van der Waals surface area contributed by atoms with Crippen molar-refractivity contribution in [1.82, 2.24) is 15.0 Å². The standard InChI is InChI=1S/C17H17N3O3S/c1-12-7-9-16(10-8-12)24(21,22)17-13(2)20(19-18-17)14-5-4-6-15(11-14)23-3/h4-11H,1-3H3. The molecule has 0 aliphatic heterocycles. The Hall–Kier alpha value is -2.67. The van der Waals surface area contributed by atoms with Crippen LogP contribution in [0.25, 0.3) is 5.69 Å². The molecule has 0 unspecified atom stereocenters. The molecule has 0 saturated carbocycles. The predicted molar refractivity (Wildman–Crippen MR) is 89.3 cm³/mol. The van der Waals surface area contributed by atoms with E-state index in [-0.39, 0.29) is 9.92 Å². The normalized spacial score (nSPS) is 11.5. The summed E-state index contributed by atoms with van der Waals surface area (Å²) in [5.74, 6) is 0.658. The zero-order chi connectivity index (χ0) is 17.3. The Morgan fingerprint density at radius 3 is 2.42 bits per heavy atom. The van der Waals surface area contributed by atoms with E-state index in [1.54, 1.807) is 50.4 Å². The fraction of sp³-hybridized carbons (Fsp3) is 0.176. The molecule has 0 aliphatic carbocycles. The van der Waals surface area contributed by atoms with Crippen LogP contribution < -0.4 is 4.74 Å². The molecule has 6 nitrogen and oxygen atoms in total. The fourth-order valence-electron chi connectivity index (χ4n) is 2.38. The summed E-state index contributed by atoms with van der Waals surface area (Å²) in [6.45, 7) is 3.58. The SMILES string of the molecule is COc1cccc(-n2nnc(S(=O)(=O)c3ccc(C)cc3)c2C)c1. The topological polar surface area (TPSA) is 74.1 Å². The van der Waals surface area contributed by atoms with Crippen LogP contribution in [0.3, 0.4) is 0 Å². The summed E-state index contributed by atoms with van der Waals surface area (Å²) in [6, 6.07) is 13.9. The molecule has 7 heteroatoms. The summed E-state index contributed by atoms with van der Waals surface area (Å²) in [6.07, 6.45) is 0. The summed E-state index contributed by atoms with van der Waals surface area (Å²) >= 11 is 0. The first-order chi connectivity index (χ1) is 11.4. The predicted octanol–water partition coefficient (Wildman–Crippen LogP) is 2.73. The molecule has 0 saturated heterocycles. The molecule has 0 radical (unpaired) electrons. The minimum Gasteiger partial charge on any atom is -0.497 e. The lowest BCUT2D eigenvalue weighted by Crippen LogP contribution is -2.05. The van der Waals surface area contributed by atoms with Crippen LogP contribution in [0.15, 0.2) is 58.5 Å². The Morgan fingerprint density at radius 2 is 1.75 bits per heavy atom. The lowest BCUT2D eigenvalue weighted by molar-refractivity contribution is 0.414. The van der Waals surface area contributed by atoms with Gasteiger partial charge in [0.2, 0.25) is 14.9 Å². The Labute approximate surface area is 140 Å². The van der Waals surface area contributed by atoms with Crippen molar-refractivity contribution in [2.45, 2.75) is 23.8 Å². The molecule has 0 N–H and O–H groups in total. The van der Waals surface area contributed by atoms with Crippen LogP contribution in [-0.4, -0.2) is 30.5 Å². The van der Waals surface area contributed by atoms with Crippen LogP contribution in [0.1, 0.15) is 11.3 Å². The minimum atomic E-state index is -3.71. The van der Waals surface area contributed by atoms with E-state index in [4.69, 9.17) is 4.74 Å². The molecule has 3 aromatic rings. The zero-order valence-corrected chi connectivity index (χ0v) is 14.4. The number of hydrogen-bond acceptors (Lipinski definition) is 5. The summed E-state index contributed by atoms with van der Waals surface area (Å²) in [5.41, 5.74) is 2.12. The van der Waals surface area contributed by atoms with Gasteiger partial charge in [-0.3, -0.25) is 0 Å². The van der Waals surface area contributed by atoms with Crippen LogP contribution in [0.5, 0.6) is 5.75 Å². The number of aromatic nitrogens is 3. The highest BCUT2D eigenvalue weighted by atomic mass is 32.2. The molecule has 0 amide bonds. The van der Waals surface area contributed by atoms with Crippen LogP contribution in [0.4, 0.5) is 0 Å². The number of rotatable bonds is 4. The van der Waals surface area contributed by atoms with Gasteiger partial charge in [-0.05, 0) is 38.1 Å². The molecule has 0 bridgehead atoms. The number of methoxy groups -OCH3 is 1. The van der Waals surface area contributed by atoms with Gasteiger partial charge >= 0.3 is 0 Å². The lowest BCUT2D eigenvalue weighted by atomic mass is 10.2. The van der Waals surface area contributed by atoms with Crippen LogP contribution in [0, 0.1) is 13.8 Å². The zero-order valence-electron chi connectivity index (χ0n) is 13.6. The molecule has 124 valence electrons. The van der Waals surface area contributed by atoms with Crippen molar-refractivity contribution >= 4 is 9.84 Å². The largest absolute Gasteiger partial charge is 0.497 e. The number of sulfone groups is 1. The van der Waals surface area contributed by atoms with Crippen molar-refractivity contribution in [2.24, 2.45) is 0 Å². The van der Waals surface area contributed by atoms with Gasteiger partial charge in [0.15, 0.2) is 0 Å². The van der Waals surface area contributed by atoms with Gasteiger partial charge in [0.05, 0.1) is 23.4 Å². The molecule has 2 aromatic carbocycles. The third-order valence-electron chi connectivity index (χ3n) is 3.74. The first kappa shape index (κ1) is 16.2. The van der Waals surface area contributed by atoms with E-state index in [0.717, 1.165) is 5.56 Å². The molecule has 0 aliphatic rings. The Bertz CT molecular complexity index is 977. The number of aryl methyl sites for hydroxylation is 1. The second-order valence-corrected chi connectivity index (χ2v) is 7.27. The van der Waals surface area contributed by atoms with Gasteiger partial charge in [0.1, 0.15) is 5.75 Å². The smallest absolute Gasteiger partial charge is 0.227 e. The molecule has 24 heavy (non-hydrogen) atoms. The monoisotopic (exact) mass is 343 g/mol.